The van der Waals surface area contributed by atoms with E-state index in [1.807, 2.05) is 63.2 Å². The minimum absolute atomic E-state index is 0.0296. The van der Waals surface area contributed by atoms with Crippen LogP contribution in [0.3, 0.4) is 0 Å². The van der Waals surface area contributed by atoms with Crippen molar-refractivity contribution in [2.45, 2.75) is 52.6 Å². The lowest BCUT2D eigenvalue weighted by Gasteiger charge is -2.32. The Morgan fingerprint density at radius 1 is 0.902 bits per heavy atom. The van der Waals surface area contributed by atoms with Crippen LogP contribution in [0.25, 0.3) is 0 Å². The van der Waals surface area contributed by atoms with Gasteiger partial charge >= 0.3 is 0 Å². The van der Waals surface area contributed by atoms with Gasteiger partial charge in [0.05, 0.1) is 11.9 Å². The van der Waals surface area contributed by atoms with Gasteiger partial charge in [-0.25, -0.2) is 12.8 Å². The van der Waals surface area contributed by atoms with Crippen molar-refractivity contribution < 1.29 is 22.4 Å². The summed E-state index contributed by atoms with van der Waals surface area (Å²) in [4.78, 5) is 28.9. The average molecular weight is 582 g/mol. The summed E-state index contributed by atoms with van der Waals surface area (Å²) in [5, 5.41) is 2.97. The van der Waals surface area contributed by atoms with Crippen LogP contribution in [0.15, 0.2) is 78.9 Å². The third kappa shape index (κ3) is 10.0. The van der Waals surface area contributed by atoms with Crippen LogP contribution in [0.2, 0.25) is 0 Å². The molecule has 0 aliphatic carbocycles. The van der Waals surface area contributed by atoms with Gasteiger partial charge < -0.3 is 10.2 Å². The Morgan fingerprint density at radius 2 is 1.54 bits per heavy atom. The third-order valence-electron chi connectivity index (χ3n) is 6.70. The largest absolute Gasteiger partial charge is 0.354 e. The first kappa shape index (κ1) is 31.8. The molecule has 0 aromatic heterocycles. The molecular weight excluding hydrogens is 541 g/mol. The second kappa shape index (κ2) is 14.8. The van der Waals surface area contributed by atoms with E-state index < -0.39 is 16.1 Å². The minimum atomic E-state index is -3.58. The number of carbonyl (C=O) groups is 2. The van der Waals surface area contributed by atoms with Crippen LogP contribution >= 0.6 is 0 Å². The first-order chi connectivity index (χ1) is 19.4. The second-order valence-corrected chi connectivity index (χ2v) is 12.7. The number of anilines is 1. The Labute approximate surface area is 243 Å². The Bertz CT molecular complexity index is 1380. The van der Waals surface area contributed by atoms with Gasteiger partial charge in [-0.2, -0.15) is 0 Å². The molecule has 0 spiro atoms. The Hall–Kier alpha value is -3.72. The highest BCUT2D eigenvalue weighted by molar-refractivity contribution is 7.92. The summed E-state index contributed by atoms with van der Waals surface area (Å²) in [7, 11) is -3.58. The number of benzene rings is 3. The van der Waals surface area contributed by atoms with Crippen molar-refractivity contribution in [3.8, 4) is 0 Å². The van der Waals surface area contributed by atoms with Gasteiger partial charge in [0.2, 0.25) is 21.8 Å². The quantitative estimate of drug-likeness (QED) is 0.287. The molecule has 3 aromatic rings. The molecule has 220 valence electrons. The molecule has 0 radical (unpaired) electrons. The van der Waals surface area contributed by atoms with Crippen LogP contribution in [0.4, 0.5) is 10.1 Å². The van der Waals surface area contributed by atoms with E-state index >= 15 is 0 Å². The highest BCUT2D eigenvalue weighted by Crippen LogP contribution is 2.21. The number of carbonyl (C=O) groups excluding carboxylic acids is 2. The van der Waals surface area contributed by atoms with Gasteiger partial charge in [0, 0.05) is 32.5 Å². The summed E-state index contributed by atoms with van der Waals surface area (Å²) < 4.78 is 40.1. The Kier molecular flexibility index (Phi) is 11.5. The van der Waals surface area contributed by atoms with Crippen LogP contribution in [0, 0.1) is 18.7 Å². The molecule has 0 aliphatic heterocycles. The topological polar surface area (TPSA) is 86.8 Å². The van der Waals surface area contributed by atoms with Crippen molar-refractivity contribution >= 4 is 27.5 Å². The lowest BCUT2D eigenvalue weighted by atomic mass is 10.0. The standard InChI is InChI=1S/C32H40FN3O4S/c1-24(2)22-34-32(38)30(21-26-9-6-5-7-10-26)35(23-27-14-16-28(33)17-15-27)31(37)11-8-20-36(41(4,39)40)29-18-12-25(3)13-19-29/h5-7,9-10,12-19,24,30H,8,11,20-23H2,1-4H3,(H,34,38)/t30-/m1/s1. The number of sulfonamides is 1. The van der Waals surface area contributed by atoms with Crippen molar-refractivity contribution in [3.05, 3.63) is 101 Å². The Morgan fingerprint density at radius 3 is 2.12 bits per heavy atom. The lowest BCUT2D eigenvalue weighted by Crippen LogP contribution is -2.51. The maximum Gasteiger partial charge on any atom is 0.243 e. The highest BCUT2D eigenvalue weighted by atomic mass is 32.2. The van der Waals surface area contributed by atoms with E-state index in [0.717, 1.165) is 17.4 Å². The summed E-state index contributed by atoms with van der Waals surface area (Å²) in [6.45, 7) is 6.60. The van der Waals surface area contributed by atoms with Gasteiger partial charge in [-0.05, 0) is 54.7 Å². The first-order valence-corrected chi connectivity index (χ1v) is 15.7. The van der Waals surface area contributed by atoms with E-state index in [9.17, 15) is 22.4 Å². The summed E-state index contributed by atoms with van der Waals surface area (Å²) in [5.41, 5.74) is 3.13. The van der Waals surface area contributed by atoms with Crippen LogP contribution in [0.5, 0.6) is 0 Å². The summed E-state index contributed by atoms with van der Waals surface area (Å²) in [6.07, 6.45) is 1.73. The van der Waals surface area contributed by atoms with E-state index in [1.165, 1.54) is 21.3 Å². The van der Waals surface area contributed by atoms with Gasteiger partial charge in [0.15, 0.2) is 0 Å². The van der Waals surface area contributed by atoms with Crippen molar-refractivity contribution in [2.24, 2.45) is 5.92 Å². The smallest absolute Gasteiger partial charge is 0.243 e. The number of nitrogens with one attached hydrogen (secondary N) is 1. The van der Waals surface area contributed by atoms with E-state index in [4.69, 9.17) is 0 Å². The summed E-state index contributed by atoms with van der Waals surface area (Å²) >= 11 is 0. The van der Waals surface area contributed by atoms with Crippen molar-refractivity contribution in [3.63, 3.8) is 0 Å². The second-order valence-electron chi connectivity index (χ2n) is 10.8. The SMILES string of the molecule is Cc1ccc(N(CCCC(=O)N(Cc2ccc(F)cc2)[C@H](Cc2ccccc2)C(=O)NCC(C)C)S(C)(=O)=O)cc1. The molecule has 2 amide bonds. The van der Waals surface area contributed by atoms with Crippen LogP contribution in [-0.4, -0.2) is 50.5 Å². The fourth-order valence-corrected chi connectivity index (χ4v) is 5.44. The van der Waals surface area contributed by atoms with E-state index in [1.54, 1.807) is 24.3 Å². The molecule has 3 rings (SSSR count). The number of hydrogen-bond donors (Lipinski definition) is 1. The third-order valence-corrected chi connectivity index (χ3v) is 7.89. The molecule has 0 fully saturated rings. The normalized spacial score (nSPS) is 12.1. The van der Waals surface area contributed by atoms with Crippen LogP contribution in [0.1, 0.15) is 43.4 Å². The zero-order chi connectivity index (χ0) is 30.0. The zero-order valence-corrected chi connectivity index (χ0v) is 25.0. The molecular formula is C32H40FN3O4S. The van der Waals surface area contributed by atoms with Gasteiger partial charge in [-0.1, -0.05) is 74.0 Å². The molecule has 7 nitrogen and oxygen atoms in total. The van der Waals surface area contributed by atoms with Gasteiger partial charge in [0.25, 0.3) is 0 Å². The van der Waals surface area contributed by atoms with Gasteiger partial charge in [-0.3, -0.25) is 13.9 Å². The molecule has 1 N–H and O–H groups in total. The summed E-state index contributed by atoms with van der Waals surface area (Å²) in [6, 6.07) is 21.7. The number of amides is 2. The van der Waals surface area contributed by atoms with Crippen molar-refractivity contribution in [1.29, 1.82) is 0 Å². The molecule has 1 atom stereocenters. The monoisotopic (exact) mass is 581 g/mol. The molecule has 0 unspecified atom stereocenters. The zero-order valence-electron chi connectivity index (χ0n) is 24.2. The molecule has 0 saturated carbocycles. The van der Waals surface area contributed by atoms with Gasteiger partial charge in [-0.15, -0.1) is 0 Å². The number of nitrogens with zero attached hydrogens (tertiary/aromatic N) is 2. The lowest BCUT2D eigenvalue weighted by molar-refractivity contribution is -0.141. The maximum absolute atomic E-state index is 13.8. The Balaban J connectivity index is 1.87. The fourth-order valence-electron chi connectivity index (χ4n) is 4.48. The number of aryl methyl sites for hydroxylation is 1. The predicted octanol–water partition coefficient (Wildman–Crippen LogP) is 5.09. The molecule has 3 aromatic carbocycles. The van der Waals surface area contributed by atoms with Crippen LogP contribution in [-0.2, 0) is 32.6 Å². The van der Waals surface area contributed by atoms with Gasteiger partial charge in [0.1, 0.15) is 11.9 Å². The average Bonchev–Trinajstić information content (AvgIpc) is 2.93. The molecule has 0 saturated heterocycles. The predicted molar refractivity (Wildman–Crippen MR) is 161 cm³/mol. The molecule has 0 bridgehead atoms. The van der Waals surface area contributed by atoms with E-state index in [-0.39, 0.29) is 49.5 Å². The highest BCUT2D eigenvalue weighted by Gasteiger charge is 2.30. The fraction of sp³-hybridized carbons (Fsp3) is 0.375. The first-order valence-electron chi connectivity index (χ1n) is 13.8. The van der Waals surface area contributed by atoms with Crippen molar-refractivity contribution in [1.82, 2.24) is 10.2 Å². The number of hydrogen-bond acceptors (Lipinski definition) is 4. The molecule has 0 heterocycles. The molecule has 0 aliphatic rings. The number of rotatable bonds is 14. The van der Waals surface area contributed by atoms with Crippen LogP contribution < -0.4 is 9.62 Å². The molecule has 9 heteroatoms. The molecule has 41 heavy (non-hydrogen) atoms. The maximum atomic E-state index is 13.8. The van der Waals surface area contributed by atoms with E-state index in [2.05, 4.69) is 5.32 Å². The number of halogens is 1. The van der Waals surface area contributed by atoms with E-state index in [0.29, 0.717) is 24.2 Å². The minimum Gasteiger partial charge on any atom is -0.354 e. The van der Waals surface area contributed by atoms with Crippen molar-refractivity contribution in [2.75, 3.05) is 23.7 Å². The summed E-state index contributed by atoms with van der Waals surface area (Å²) in [5.74, 6) is -0.719.